The Morgan fingerprint density at radius 2 is 1.95 bits per heavy atom. The summed E-state index contributed by atoms with van der Waals surface area (Å²) in [5.74, 6) is 3.78. The summed E-state index contributed by atoms with van der Waals surface area (Å²) < 4.78 is 5.10. The number of aromatic hydroxyl groups is 1. The average molecular weight is 274 g/mol. The van der Waals surface area contributed by atoms with Crippen LogP contribution >= 0.6 is 0 Å². The molecule has 1 N–H and O–H groups in total. The van der Waals surface area contributed by atoms with Gasteiger partial charge in [0.1, 0.15) is 0 Å². The van der Waals surface area contributed by atoms with E-state index in [9.17, 15) is 5.11 Å². The van der Waals surface area contributed by atoms with Crippen molar-refractivity contribution in [3.8, 4) is 11.5 Å². The van der Waals surface area contributed by atoms with E-state index in [0.717, 1.165) is 24.2 Å². The third kappa shape index (κ3) is 2.79. The number of hydrogen-bond acceptors (Lipinski definition) is 2. The first kappa shape index (κ1) is 13.8. The lowest BCUT2D eigenvalue weighted by molar-refractivity contribution is 0.172. The van der Waals surface area contributed by atoms with Crippen LogP contribution in [0.4, 0.5) is 0 Å². The monoisotopic (exact) mass is 274 g/mol. The summed E-state index contributed by atoms with van der Waals surface area (Å²) in [6.07, 6.45) is 11.1. The van der Waals surface area contributed by atoms with Gasteiger partial charge in [-0.25, -0.2) is 0 Å². The number of benzene rings is 1. The minimum absolute atomic E-state index is 0.271. The van der Waals surface area contributed by atoms with Crippen molar-refractivity contribution >= 4 is 0 Å². The number of ether oxygens (including phenoxy) is 1. The first-order chi connectivity index (χ1) is 9.78. The molecule has 0 bridgehead atoms. The summed E-state index contributed by atoms with van der Waals surface area (Å²) in [4.78, 5) is 0. The number of phenolic OH excluding ortho intramolecular Hbond substituents is 1. The number of phenols is 1. The molecule has 2 fully saturated rings. The highest BCUT2D eigenvalue weighted by molar-refractivity contribution is 5.41. The first-order valence-electron chi connectivity index (χ1n) is 8.14. The smallest absolute Gasteiger partial charge is 0.160 e. The van der Waals surface area contributed by atoms with Gasteiger partial charge < -0.3 is 9.84 Å². The van der Waals surface area contributed by atoms with E-state index >= 15 is 0 Å². The van der Waals surface area contributed by atoms with Crippen LogP contribution < -0.4 is 4.74 Å². The molecule has 110 valence electrons. The summed E-state index contributed by atoms with van der Waals surface area (Å²) in [6.45, 7) is 0. The molecule has 2 aliphatic carbocycles. The standard InChI is InChI=1S/C18H26O2/c1-20-18-11-9-13(12-17(18)19)8-10-15-5-2-4-14-6-3-7-16(14)15/h9,11-12,14-16,19H,2-8,10H2,1H3. The summed E-state index contributed by atoms with van der Waals surface area (Å²) in [6, 6.07) is 5.84. The van der Waals surface area contributed by atoms with Crippen LogP contribution in [0.25, 0.3) is 0 Å². The fourth-order valence-electron chi connectivity index (χ4n) is 4.50. The van der Waals surface area contributed by atoms with Gasteiger partial charge in [-0.05, 0) is 54.7 Å². The summed E-state index contributed by atoms with van der Waals surface area (Å²) in [5, 5.41) is 9.85. The molecule has 3 atom stereocenters. The average Bonchev–Trinajstić information content (AvgIpc) is 2.94. The van der Waals surface area contributed by atoms with Crippen LogP contribution in [0.3, 0.4) is 0 Å². The Morgan fingerprint density at radius 3 is 2.70 bits per heavy atom. The van der Waals surface area contributed by atoms with E-state index in [0.29, 0.717) is 5.75 Å². The molecule has 0 aromatic heterocycles. The molecule has 0 aliphatic heterocycles. The van der Waals surface area contributed by atoms with Crippen LogP contribution in [-0.2, 0) is 6.42 Å². The third-order valence-corrected chi connectivity index (χ3v) is 5.52. The van der Waals surface area contributed by atoms with Crippen molar-refractivity contribution in [3.05, 3.63) is 23.8 Å². The molecule has 3 unspecified atom stereocenters. The zero-order valence-corrected chi connectivity index (χ0v) is 12.5. The fraction of sp³-hybridized carbons (Fsp3) is 0.667. The maximum Gasteiger partial charge on any atom is 0.160 e. The number of aryl methyl sites for hydroxylation is 1. The van der Waals surface area contributed by atoms with Crippen LogP contribution in [-0.4, -0.2) is 12.2 Å². The highest BCUT2D eigenvalue weighted by Crippen LogP contribution is 2.46. The van der Waals surface area contributed by atoms with Crippen molar-refractivity contribution in [2.45, 2.75) is 51.4 Å². The minimum atomic E-state index is 0.271. The highest BCUT2D eigenvalue weighted by atomic mass is 16.5. The molecule has 2 saturated carbocycles. The Balaban J connectivity index is 1.60. The second-order valence-corrected chi connectivity index (χ2v) is 6.59. The van der Waals surface area contributed by atoms with Crippen LogP contribution in [0.2, 0.25) is 0 Å². The van der Waals surface area contributed by atoms with E-state index in [4.69, 9.17) is 4.74 Å². The van der Waals surface area contributed by atoms with E-state index in [-0.39, 0.29) is 5.75 Å². The third-order valence-electron chi connectivity index (χ3n) is 5.52. The van der Waals surface area contributed by atoms with E-state index in [1.807, 2.05) is 12.1 Å². The Bertz CT molecular complexity index is 455. The topological polar surface area (TPSA) is 29.5 Å². The molecule has 1 aromatic carbocycles. The van der Waals surface area contributed by atoms with Gasteiger partial charge in [0, 0.05) is 0 Å². The molecule has 1 aromatic rings. The van der Waals surface area contributed by atoms with E-state index < -0.39 is 0 Å². The van der Waals surface area contributed by atoms with Gasteiger partial charge >= 0.3 is 0 Å². The van der Waals surface area contributed by atoms with Gasteiger partial charge in [0.25, 0.3) is 0 Å². The van der Waals surface area contributed by atoms with Gasteiger partial charge in [-0.1, -0.05) is 38.2 Å². The molecule has 0 amide bonds. The van der Waals surface area contributed by atoms with Gasteiger partial charge in [-0.2, -0.15) is 0 Å². The largest absolute Gasteiger partial charge is 0.504 e. The fourth-order valence-corrected chi connectivity index (χ4v) is 4.50. The number of rotatable bonds is 4. The minimum Gasteiger partial charge on any atom is -0.504 e. The molecule has 0 saturated heterocycles. The quantitative estimate of drug-likeness (QED) is 0.872. The van der Waals surface area contributed by atoms with Crippen molar-refractivity contribution in [2.24, 2.45) is 17.8 Å². The van der Waals surface area contributed by atoms with Crippen molar-refractivity contribution < 1.29 is 9.84 Å². The Morgan fingerprint density at radius 1 is 1.15 bits per heavy atom. The maximum absolute atomic E-state index is 9.85. The predicted molar refractivity (Wildman–Crippen MR) is 81.2 cm³/mol. The van der Waals surface area contributed by atoms with Crippen LogP contribution in [0, 0.1) is 17.8 Å². The molecular weight excluding hydrogens is 248 g/mol. The van der Waals surface area contributed by atoms with Crippen molar-refractivity contribution in [1.29, 1.82) is 0 Å². The van der Waals surface area contributed by atoms with E-state index in [2.05, 4.69) is 6.07 Å². The number of methoxy groups -OCH3 is 1. The Kier molecular flexibility index (Phi) is 4.18. The first-order valence-corrected chi connectivity index (χ1v) is 8.14. The molecule has 2 heteroatoms. The molecule has 20 heavy (non-hydrogen) atoms. The summed E-state index contributed by atoms with van der Waals surface area (Å²) in [5.41, 5.74) is 1.24. The van der Waals surface area contributed by atoms with Gasteiger partial charge in [0.15, 0.2) is 11.5 Å². The summed E-state index contributed by atoms with van der Waals surface area (Å²) in [7, 11) is 1.59. The molecule has 0 spiro atoms. The molecule has 0 heterocycles. The van der Waals surface area contributed by atoms with Crippen molar-refractivity contribution in [3.63, 3.8) is 0 Å². The van der Waals surface area contributed by atoms with Crippen LogP contribution in [0.1, 0.15) is 50.5 Å². The molecule has 2 aliphatic rings. The SMILES string of the molecule is COc1ccc(CCC2CCCC3CCCC32)cc1O. The number of fused-ring (bicyclic) bond motifs is 1. The zero-order chi connectivity index (χ0) is 13.9. The lowest BCUT2D eigenvalue weighted by Gasteiger charge is -2.34. The second-order valence-electron chi connectivity index (χ2n) is 6.59. The van der Waals surface area contributed by atoms with Gasteiger partial charge in [-0.15, -0.1) is 0 Å². The summed E-state index contributed by atoms with van der Waals surface area (Å²) >= 11 is 0. The highest BCUT2D eigenvalue weighted by Gasteiger charge is 2.35. The Hall–Kier alpha value is -1.18. The van der Waals surface area contributed by atoms with Crippen LogP contribution in [0.5, 0.6) is 11.5 Å². The molecule has 2 nitrogen and oxygen atoms in total. The predicted octanol–water partition coefficient (Wildman–Crippen LogP) is 4.55. The van der Waals surface area contributed by atoms with Crippen molar-refractivity contribution in [2.75, 3.05) is 7.11 Å². The lowest BCUT2D eigenvalue weighted by atomic mass is 9.72. The maximum atomic E-state index is 9.85. The zero-order valence-electron chi connectivity index (χ0n) is 12.5. The van der Waals surface area contributed by atoms with E-state index in [1.165, 1.54) is 50.5 Å². The molecule has 0 radical (unpaired) electrons. The normalized spacial score (nSPS) is 29.1. The second kappa shape index (κ2) is 6.07. The van der Waals surface area contributed by atoms with Gasteiger partial charge in [0.2, 0.25) is 0 Å². The number of hydrogen-bond donors (Lipinski definition) is 1. The van der Waals surface area contributed by atoms with E-state index in [1.54, 1.807) is 7.11 Å². The van der Waals surface area contributed by atoms with Crippen LogP contribution in [0.15, 0.2) is 18.2 Å². The molecular formula is C18H26O2. The van der Waals surface area contributed by atoms with Gasteiger partial charge in [0.05, 0.1) is 7.11 Å². The Labute approximate surface area is 122 Å². The lowest BCUT2D eigenvalue weighted by Crippen LogP contribution is -2.24. The van der Waals surface area contributed by atoms with Crippen molar-refractivity contribution in [1.82, 2.24) is 0 Å². The molecule has 3 rings (SSSR count). The van der Waals surface area contributed by atoms with Gasteiger partial charge in [-0.3, -0.25) is 0 Å².